The summed E-state index contributed by atoms with van der Waals surface area (Å²) in [6.07, 6.45) is 5.66. The Balaban J connectivity index is 1.61. The number of fused-ring (bicyclic) bond motifs is 3. The first kappa shape index (κ1) is 16.2. The van der Waals surface area contributed by atoms with Crippen LogP contribution in [0.15, 0.2) is 35.4 Å². The van der Waals surface area contributed by atoms with E-state index in [1.54, 1.807) is 23.5 Å². The second-order valence-electron chi connectivity index (χ2n) is 5.88. The van der Waals surface area contributed by atoms with E-state index in [9.17, 15) is 9.18 Å². The van der Waals surface area contributed by atoms with E-state index in [0.29, 0.717) is 11.1 Å². The predicted octanol–water partition coefficient (Wildman–Crippen LogP) is 3.42. The highest BCUT2D eigenvalue weighted by Gasteiger charge is 2.20. The Morgan fingerprint density at radius 1 is 1.24 bits per heavy atom. The fraction of sp³-hybridized carbons (Fsp3) is 0.235. The standard InChI is InChI=1S/C17H15FN4OS2/c18-10-5-7-11(8-6-10)20-17(24)21-22-9-19-15-14(16(22)23)12-3-1-2-4-13(12)25-15/h5-9H,1-4H2,(H2,20,21,24). The Bertz CT molecular complexity index is 1010. The summed E-state index contributed by atoms with van der Waals surface area (Å²) in [7, 11) is 0. The van der Waals surface area contributed by atoms with Gasteiger partial charge in [-0.2, -0.15) is 0 Å². The van der Waals surface area contributed by atoms with Crippen molar-refractivity contribution in [2.45, 2.75) is 25.7 Å². The van der Waals surface area contributed by atoms with Crippen molar-refractivity contribution in [3.05, 3.63) is 57.2 Å². The maximum absolute atomic E-state index is 13.0. The van der Waals surface area contributed by atoms with Gasteiger partial charge in [0.05, 0.1) is 5.39 Å². The number of hydrogen-bond acceptors (Lipinski definition) is 4. The highest BCUT2D eigenvalue weighted by molar-refractivity contribution is 7.80. The zero-order chi connectivity index (χ0) is 17.4. The topological polar surface area (TPSA) is 59.0 Å². The van der Waals surface area contributed by atoms with Crippen LogP contribution in [0, 0.1) is 5.82 Å². The number of aromatic nitrogens is 2. The summed E-state index contributed by atoms with van der Waals surface area (Å²) in [6, 6.07) is 5.82. The van der Waals surface area contributed by atoms with Gasteiger partial charge in [-0.15, -0.1) is 11.3 Å². The number of rotatable bonds is 2. The molecule has 2 heterocycles. The largest absolute Gasteiger partial charge is 0.331 e. The van der Waals surface area contributed by atoms with Crippen molar-refractivity contribution in [2.24, 2.45) is 0 Å². The molecule has 1 aromatic carbocycles. The van der Waals surface area contributed by atoms with Gasteiger partial charge in [-0.3, -0.25) is 10.2 Å². The maximum Gasteiger partial charge on any atom is 0.281 e. The van der Waals surface area contributed by atoms with Gasteiger partial charge in [0.15, 0.2) is 5.11 Å². The van der Waals surface area contributed by atoms with E-state index in [-0.39, 0.29) is 16.5 Å². The smallest absolute Gasteiger partial charge is 0.281 e. The molecule has 0 fully saturated rings. The molecule has 0 bridgehead atoms. The number of halogens is 1. The number of hydrogen-bond donors (Lipinski definition) is 2. The number of nitrogens with one attached hydrogen (secondary N) is 2. The molecule has 5 nitrogen and oxygen atoms in total. The Hall–Kier alpha value is -2.32. The lowest BCUT2D eigenvalue weighted by molar-refractivity contribution is 0.628. The third kappa shape index (κ3) is 3.14. The van der Waals surface area contributed by atoms with Gasteiger partial charge in [-0.25, -0.2) is 14.1 Å². The van der Waals surface area contributed by atoms with Gasteiger partial charge in [0.2, 0.25) is 0 Å². The molecular weight excluding hydrogens is 359 g/mol. The second-order valence-corrected chi connectivity index (χ2v) is 7.38. The van der Waals surface area contributed by atoms with Crippen molar-refractivity contribution in [3.8, 4) is 0 Å². The first-order valence-corrected chi connectivity index (χ1v) is 9.20. The molecule has 0 spiro atoms. The van der Waals surface area contributed by atoms with Gasteiger partial charge in [-0.1, -0.05) is 0 Å². The van der Waals surface area contributed by atoms with Crippen LogP contribution in [0.3, 0.4) is 0 Å². The average Bonchev–Trinajstić information content (AvgIpc) is 2.99. The van der Waals surface area contributed by atoms with Gasteiger partial charge < -0.3 is 5.32 Å². The van der Waals surface area contributed by atoms with E-state index in [1.807, 2.05) is 0 Å². The van der Waals surface area contributed by atoms with Crippen LogP contribution in [-0.4, -0.2) is 14.8 Å². The molecule has 3 aromatic rings. The monoisotopic (exact) mass is 374 g/mol. The molecule has 0 saturated carbocycles. The number of benzene rings is 1. The van der Waals surface area contributed by atoms with Gasteiger partial charge in [0, 0.05) is 10.6 Å². The lowest BCUT2D eigenvalue weighted by atomic mass is 9.97. The fourth-order valence-electron chi connectivity index (χ4n) is 3.03. The minimum Gasteiger partial charge on any atom is -0.331 e. The lowest BCUT2D eigenvalue weighted by Gasteiger charge is -2.13. The quantitative estimate of drug-likeness (QED) is 0.673. The van der Waals surface area contributed by atoms with Crippen molar-refractivity contribution in [1.82, 2.24) is 9.66 Å². The third-order valence-electron chi connectivity index (χ3n) is 4.20. The normalized spacial score (nSPS) is 13.5. The second kappa shape index (κ2) is 6.53. The molecule has 1 aliphatic rings. The molecule has 0 aliphatic heterocycles. The fourth-order valence-corrected chi connectivity index (χ4v) is 4.46. The Labute approximate surface area is 152 Å². The SMILES string of the molecule is O=c1c2c3c(sc2ncn1NC(=S)Nc1ccc(F)cc1)CCCC3. The Morgan fingerprint density at radius 2 is 2.00 bits per heavy atom. The Morgan fingerprint density at radius 3 is 2.80 bits per heavy atom. The highest BCUT2D eigenvalue weighted by atomic mass is 32.1. The van der Waals surface area contributed by atoms with Crippen LogP contribution in [0.25, 0.3) is 10.2 Å². The van der Waals surface area contributed by atoms with Crippen LogP contribution in [0.5, 0.6) is 0 Å². The van der Waals surface area contributed by atoms with E-state index in [4.69, 9.17) is 12.2 Å². The molecular formula is C17H15FN4OS2. The lowest BCUT2D eigenvalue weighted by Crippen LogP contribution is -2.35. The molecule has 128 valence electrons. The molecule has 25 heavy (non-hydrogen) atoms. The molecule has 0 unspecified atom stereocenters. The summed E-state index contributed by atoms with van der Waals surface area (Å²) in [4.78, 5) is 19.3. The number of aryl methyl sites for hydroxylation is 2. The summed E-state index contributed by atoms with van der Waals surface area (Å²) < 4.78 is 14.2. The number of thiophene rings is 1. The summed E-state index contributed by atoms with van der Waals surface area (Å²) in [5.74, 6) is -0.322. The van der Waals surface area contributed by atoms with E-state index >= 15 is 0 Å². The van der Waals surface area contributed by atoms with Crippen LogP contribution < -0.4 is 16.3 Å². The molecule has 1 aliphatic carbocycles. The number of nitrogens with zero attached hydrogens (tertiary/aromatic N) is 2. The molecule has 0 atom stereocenters. The van der Waals surface area contributed by atoms with Crippen LogP contribution in [0.1, 0.15) is 23.3 Å². The van der Waals surface area contributed by atoms with Gasteiger partial charge in [0.25, 0.3) is 5.56 Å². The first-order chi connectivity index (χ1) is 12.1. The van der Waals surface area contributed by atoms with E-state index in [2.05, 4.69) is 15.7 Å². The zero-order valence-corrected chi connectivity index (χ0v) is 14.8. The van der Waals surface area contributed by atoms with Crippen molar-refractivity contribution >= 4 is 44.6 Å². The van der Waals surface area contributed by atoms with Gasteiger partial charge in [-0.05, 0) is 67.7 Å². The number of thiocarbonyl (C=S) groups is 1. The average molecular weight is 374 g/mol. The summed E-state index contributed by atoms with van der Waals surface area (Å²) in [5, 5.41) is 3.85. The van der Waals surface area contributed by atoms with Crippen molar-refractivity contribution in [1.29, 1.82) is 0 Å². The third-order valence-corrected chi connectivity index (χ3v) is 5.59. The molecule has 2 N–H and O–H groups in total. The molecule has 8 heteroatoms. The van der Waals surface area contributed by atoms with Crippen LogP contribution in [0.4, 0.5) is 10.1 Å². The minimum atomic E-state index is -0.322. The maximum atomic E-state index is 13.0. The predicted molar refractivity (Wildman–Crippen MR) is 103 cm³/mol. The van der Waals surface area contributed by atoms with Crippen LogP contribution in [0.2, 0.25) is 0 Å². The van der Waals surface area contributed by atoms with Crippen molar-refractivity contribution < 1.29 is 4.39 Å². The van der Waals surface area contributed by atoms with E-state index in [0.717, 1.165) is 36.1 Å². The van der Waals surface area contributed by atoms with Gasteiger partial charge in [0.1, 0.15) is 17.0 Å². The minimum absolute atomic E-state index is 0.146. The highest BCUT2D eigenvalue weighted by Crippen LogP contribution is 2.33. The van der Waals surface area contributed by atoms with Crippen molar-refractivity contribution in [3.63, 3.8) is 0 Å². The first-order valence-electron chi connectivity index (χ1n) is 7.97. The van der Waals surface area contributed by atoms with Crippen molar-refractivity contribution in [2.75, 3.05) is 10.7 Å². The van der Waals surface area contributed by atoms with E-state index in [1.165, 1.54) is 28.0 Å². The van der Waals surface area contributed by atoms with Crippen LogP contribution >= 0.6 is 23.6 Å². The van der Waals surface area contributed by atoms with E-state index < -0.39 is 0 Å². The number of anilines is 1. The summed E-state index contributed by atoms with van der Waals surface area (Å²) >= 11 is 6.84. The van der Waals surface area contributed by atoms with Crippen LogP contribution in [-0.2, 0) is 12.8 Å². The Kier molecular flexibility index (Phi) is 4.22. The molecule has 0 amide bonds. The zero-order valence-electron chi connectivity index (χ0n) is 13.2. The van der Waals surface area contributed by atoms with Gasteiger partial charge >= 0.3 is 0 Å². The molecule has 0 radical (unpaired) electrons. The molecule has 4 rings (SSSR count). The summed E-state index contributed by atoms with van der Waals surface area (Å²) in [5.41, 5.74) is 4.46. The molecule has 0 saturated heterocycles. The molecule has 2 aromatic heterocycles. The summed E-state index contributed by atoms with van der Waals surface area (Å²) in [6.45, 7) is 0.